The lowest BCUT2D eigenvalue weighted by Crippen LogP contribution is -2.11. The van der Waals surface area contributed by atoms with E-state index in [4.69, 9.17) is 5.11 Å². The van der Waals surface area contributed by atoms with Gasteiger partial charge in [-0.3, -0.25) is 9.48 Å². The van der Waals surface area contributed by atoms with Gasteiger partial charge >= 0.3 is 5.97 Å². The Bertz CT molecular complexity index is 733. The number of aliphatic carboxylic acids is 1. The zero-order valence-electron chi connectivity index (χ0n) is 11.6. The number of sulfone groups is 1. The maximum Gasteiger partial charge on any atom is 0.307 e. The first kappa shape index (κ1) is 15.2. The van der Waals surface area contributed by atoms with Gasteiger partial charge in [0.25, 0.3) is 0 Å². The lowest BCUT2D eigenvalue weighted by atomic mass is 10.2. The number of carbonyl (C=O) groups is 1. The van der Waals surface area contributed by atoms with Gasteiger partial charge in [-0.15, -0.1) is 0 Å². The number of hydrogen-bond acceptors (Lipinski definition) is 4. The van der Waals surface area contributed by atoms with Crippen LogP contribution in [0.25, 0.3) is 0 Å². The molecule has 2 rings (SSSR count). The summed E-state index contributed by atoms with van der Waals surface area (Å²) in [6.45, 7) is 0. The molecule has 6 nitrogen and oxygen atoms in total. The summed E-state index contributed by atoms with van der Waals surface area (Å²) in [5, 5.41) is 12.7. The molecule has 0 saturated heterocycles. The van der Waals surface area contributed by atoms with Crippen molar-refractivity contribution < 1.29 is 18.3 Å². The molecular weight excluding hydrogens is 292 g/mol. The molecule has 2 aromatic rings. The minimum atomic E-state index is -3.39. The Kier molecular flexibility index (Phi) is 4.42. The van der Waals surface area contributed by atoms with Crippen molar-refractivity contribution in [1.29, 1.82) is 0 Å². The van der Waals surface area contributed by atoms with Gasteiger partial charge in [-0.05, 0) is 23.8 Å². The van der Waals surface area contributed by atoms with E-state index >= 15 is 0 Å². The molecule has 0 unspecified atom stereocenters. The van der Waals surface area contributed by atoms with Crippen molar-refractivity contribution >= 4 is 15.8 Å². The smallest absolute Gasteiger partial charge is 0.307 e. The van der Waals surface area contributed by atoms with Crippen molar-refractivity contribution in [2.24, 2.45) is 7.05 Å². The summed E-state index contributed by atoms with van der Waals surface area (Å²) >= 11 is 0. The highest BCUT2D eigenvalue weighted by Crippen LogP contribution is 2.14. The average molecular weight is 308 g/mol. The Hall–Kier alpha value is -2.15. The molecule has 0 aliphatic heterocycles. The van der Waals surface area contributed by atoms with E-state index in [-0.39, 0.29) is 17.1 Å². The second-order valence-electron chi connectivity index (χ2n) is 4.73. The molecule has 7 heteroatoms. The van der Waals surface area contributed by atoms with Crippen LogP contribution in [0.1, 0.15) is 11.3 Å². The number of carboxylic acids is 1. The third kappa shape index (κ3) is 3.91. The van der Waals surface area contributed by atoms with Crippen LogP contribution in [0, 0.1) is 0 Å². The molecule has 0 amide bonds. The average Bonchev–Trinajstić information content (AvgIpc) is 2.82. The van der Waals surface area contributed by atoms with Crippen LogP contribution < -0.4 is 0 Å². The van der Waals surface area contributed by atoms with Crippen LogP contribution in [-0.2, 0) is 34.5 Å². The largest absolute Gasteiger partial charge is 0.481 e. The van der Waals surface area contributed by atoms with Crippen LogP contribution in [0.4, 0.5) is 0 Å². The van der Waals surface area contributed by atoms with Gasteiger partial charge in [-0.25, -0.2) is 8.42 Å². The highest BCUT2D eigenvalue weighted by atomic mass is 32.2. The standard InChI is InChI=1S/C14H16N2O4S/c1-16-12(6-8-15-16)7-9-21(19,20)13-4-2-11(3-5-13)10-14(17)18/h2-6,8H,7,9-10H2,1H3,(H,17,18). The lowest BCUT2D eigenvalue weighted by Gasteiger charge is -2.06. The Morgan fingerprint density at radius 3 is 2.43 bits per heavy atom. The molecule has 0 atom stereocenters. The fourth-order valence-electron chi connectivity index (χ4n) is 1.99. The first-order valence-corrected chi connectivity index (χ1v) is 8.04. The Morgan fingerprint density at radius 2 is 1.90 bits per heavy atom. The molecule has 112 valence electrons. The molecule has 0 bridgehead atoms. The summed E-state index contributed by atoms with van der Waals surface area (Å²) in [7, 11) is -1.62. The van der Waals surface area contributed by atoms with Crippen molar-refractivity contribution in [3.8, 4) is 0 Å². The highest BCUT2D eigenvalue weighted by molar-refractivity contribution is 7.91. The molecule has 1 heterocycles. The Labute approximate surface area is 123 Å². The summed E-state index contributed by atoms with van der Waals surface area (Å²) in [6.07, 6.45) is 1.90. The topological polar surface area (TPSA) is 89.3 Å². The first-order valence-electron chi connectivity index (χ1n) is 6.39. The van der Waals surface area contributed by atoms with Crippen molar-refractivity contribution in [3.63, 3.8) is 0 Å². The van der Waals surface area contributed by atoms with Crippen LogP contribution in [0.5, 0.6) is 0 Å². The van der Waals surface area contributed by atoms with Gasteiger partial charge in [-0.1, -0.05) is 12.1 Å². The SMILES string of the molecule is Cn1nccc1CCS(=O)(=O)c1ccc(CC(=O)O)cc1. The molecule has 0 aliphatic carbocycles. The van der Waals surface area contributed by atoms with Crippen LogP contribution in [0.2, 0.25) is 0 Å². The van der Waals surface area contributed by atoms with Gasteiger partial charge in [0.15, 0.2) is 9.84 Å². The first-order chi connectivity index (χ1) is 9.88. The maximum absolute atomic E-state index is 12.2. The zero-order valence-corrected chi connectivity index (χ0v) is 12.4. The van der Waals surface area contributed by atoms with Crippen molar-refractivity contribution in [3.05, 3.63) is 47.8 Å². The van der Waals surface area contributed by atoms with Crippen molar-refractivity contribution in [2.75, 3.05) is 5.75 Å². The number of aryl methyl sites for hydroxylation is 2. The van der Waals surface area contributed by atoms with Gasteiger partial charge in [0, 0.05) is 25.4 Å². The molecule has 0 radical (unpaired) electrons. The van der Waals surface area contributed by atoms with Crippen LogP contribution >= 0.6 is 0 Å². The van der Waals surface area contributed by atoms with E-state index in [2.05, 4.69) is 5.10 Å². The summed E-state index contributed by atoms with van der Waals surface area (Å²) in [4.78, 5) is 10.8. The van der Waals surface area contributed by atoms with E-state index in [1.54, 1.807) is 24.0 Å². The van der Waals surface area contributed by atoms with Gasteiger partial charge in [0.2, 0.25) is 0 Å². The van der Waals surface area contributed by atoms with E-state index in [0.717, 1.165) is 5.69 Å². The molecule has 1 aromatic heterocycles. The van der Waals surface area contributed by atoms with Gasteiger partial charge in [0.05, 0.1) is 17.1 Å². The number of aromatic nitrogens is 2. The number of carboxylic acid groups (broad SMARTS) is 1. The molecule has 21 heavy (non-hydrogen) atoms. The molecule has 0 saturated carbocycles. The van der Waals surface area contributed by atoms with E-state index in [1.165, 1.54) is 24.3 Å². The highest BCUT2D eigenvalue weighted by Gasteiger charge is 2.15. The third-order valence-electron chi connectivity index (χ3n) is 3.19. The molecule has 1 aromatic carbocycles. The lowest BCUT2D eigenvalue weighted by molar-refractivity contribution is -0.136. The minimum absolute atomic E-state index is 0.00912. The van der Waals surface area contributed by atoms with Crippen molar-refractivity contribution in [2.45, 2.75) is 17.7 Å². The Balaban J connectivity index is 2.08. The fraction of sp³-hybridized carbons (Fsp3) is 0.286. The number of benzene rings is 1. The number of nitrogens with zero attached hydrogens (tertiary/aromatic N) is 2. The zero-order chi connectivity index (χ0) is 15.5. The fourth-order valence-corrected chi connectivity index (χ4v) is 3.26. The molecule has 1 N–H and O–H groups in total. The predicted octanol–water partition coefficient (Wildman–Crippen LogP) is 1.06. The van der Waals surface area contributed by atoms with Gasteiger partial charge in [-0.2, -0.15) is 5.10 Å². The van der Waals surface area contributed by atoms with Gasteiger partial charge in [0.1, 0.15) is 0 Å². The normalized spacial score (nSPS) is 11.5. The molecular formula is C14H16N2O4S. The summed E-state index contributed by atoms with van der Waals surface area (Å²) < 4.78 is 26.1. The second kappa shape index (κ2) is 6.09. The van der Waals surface area contributed by atoms with E-state index in [0.29, 0.717) is 12.0 Å². The van der Waals surface area contributed by atoms with E-state index in [1.807, 2.05) is 0 Å². The van der Waals surface area contributed by atoms with Crippen LogP contribution in [0.15, 0.2) is 41.4 Å². The Morgan fingerprint density at radius 1 is 1.24 bits per heavy atom. The third-order valence-corrected chi connectivity index (χ3v) is 4.92. The maximum atomic E-state index is 12.2. The second-order valence-corrected chi connectivity index (χ2v) is 6.84. The minimum Gasteiger partial charge on any atom is -0.481 e. The molecule has 0 aliphatic rings. The van der Waals surface area contributed by atoms with E-state index < -0.39 is 15.8 Å². The van der Waals surface area contributed by atoms with E-state index in [9.17, 15) is 13.2 Å². The van der Waals surface area contributed by atoms with Crippen LogP contribution in [0.3, 0.4) is 0 Å². The van der Waals surface area contributed by atoms with Gasteiger partial charge < -0.3 is 5.11 Å². The monoisotopic (exact) mass is 308 g/mol. The quantitative estimate of drug-likeness (QED) is 0.862. The number of rotatable bonds is 6. The molecule has 0 spiro atoms. The van der Waals surface area contributed by atoms with Crippen LogP contribution in [-0.4, -0.2) is 35.0 Å². The molecule has 0 fully saturated rings. The summed E-state index contributed by atoms with van der Waals surface area (Å²) in [5.41, 5.74) is 1.43. The summed E-state index contributed by atoms with van der Waals surface area (Å²) in [5.74, 6) is -0.952. The number of hydrogen-bond donors (Lipinski definition) is 1. The predicted molar refractivity (Wildman–Crippen MR) is 76.7 cm³/mol. The summed E-state index contributed by atoms with van der Waals surface area (Å²) in [6, 6.07) is 7.76. The van der Waals surface area contributed by atoms with Crippen molar-refractivity contribution in [1.82, 2.24) is 9.78 Å².